The number of hydrogen-bond acceptors (Lipinski definition) is 5. The summed E-state index contributed by atoms with van der Waals surface area (Å²) in [5.74, 6) is 1.04. The molecular weight excluding hydrogens is 336 g/mol. The van der Waals surface area contributed by atoms with Crippen LogP contribution in [0.5, 0.6) is 11.5 Å². The number of hydrazone groups is 1. The Morgan fingerprint density at radius 1 is 1.26 bits per heavy atom. The smallest absolute Gasteiger partial charge is 0.191 e. The first-order valence-corrected chi connectivity index (χ1v) is 7.35. The Bertz CT molecular complexity index is 710. The van der Waals surface area contributed by atoms with Crippen molar-refractivity contribution >= 4 is 40.8 Å². The van der Waals surface area contributed by atoms with Gasteiger partial charge in [-0.25, -0.2) is 0 Å². The molecule has 0 aliphatic carbocycles. The molecule has 2 rings (SSSR count). The third-order valence-electron chi connectivity index (χ3n) is 2.77. The van der Waals surface area contributed by atoms with Crippen molar-refractivity contribution in [2.45, 2.75) is 0 Å². The topological polar surface area (TPSA) is 67.8 Å². The quantitative estimate of drug-likeness (QED) is 0.491. The molecule has 0 aliphatic rings. The average Bonchev–Trinajstić information content (AvgIpc) is 2.57. The third kappa shape index (κ3) is 4.80. The lowest BCUT2D eigenvalue weighted by molar-refractivity contribution is 0.405. The zero-order valence-corrected chi connectivity index (χ0v) is 14.1. The van der Waals surface area contributed by atoms with Crippen LogP contribution < -0.4 is 20.2 Å². The number of halogens is 1. The van der Waals surface area contributed by atoms with Crippen LogP contribution >= 0.6 is 23.8 Å². The first-order chi connectivity index (χ1) is 11.1. The molecule has 0 saturated carbocycles. The number of ether oxygens (including phenoxy) is 2. The summed E-state index contributed by atoms with van der Waals surface area (Å²) in [6, 6.07) is 8.86. The van der Waals surface area contributed by atoms with Crippen molar-refractivity contribution < 1.29 is 9.47 Å². The predicted molar refractivity (Wildman–Crippen MR) is 95.7 cm³/mol. The van der Waals surface area contributed by atoms with Crippen LogP contribution in [0.25, 0.3) is 0 Å². The summed E-state index contributed by atoms with van der Waals surface area (Å²) < 4.78 is 10.4. The maximum absolute atomic E-state index is 6.06. The number of aromatic nitrogens is 1. The summed E-state index contributed by atoms with van der Waals surface area (Å²) in [5, 5.41) is 7.72. The number of thiocarbonyl (C=S) groups is 1. The molecule has 0 saturated heterocycles. The largest absolute Gasteiger partial charge is 0.495 e. The molecule has 0 atom stereocenters. The molecule has 1 aromatic carbocycles. The van der Waals surface area contributed by atoms with Gasteiger partial charge in [-0.1, -0.05) is 17.7 Å². The molecule has 120 valence electrons. The van der Waals surface area contributed by atoms with Crippen molar-refractivity contribution in [3.63, 3.8) is 0 Å². The molecule has 23 heavy (non-hydrogen) atoms. The Labute approximate surface area is 144 Å². The summed E-state index contributed by atoms with van der Waals surface area (Å²) >= 11 is 11.2. The lowest BCUT2D eigenvalue weighted by Gasteiger charge is -2.14. The van der Waals surface area contributed by atoms with Gasteiger partial charge in [0, 0.05) is 18.3 Å². The average molecular weight is 351 g/mol. The first-order valence-electron chi connectivity index (χ1n) is 6.56. The number of anilines is 1. The molecule has 2 N–H and O–H groups in total. The van der Waals surface area contributed by atoms with Gasteiger partial charge in [-0.05, 0) is 24.4 Å². The minimum Gasteiger partial charge on any atom is -0.495 e. The number of nitrogens with zero attached hydrogens (tertiary/aromatic N) is 2. The SMILES string of the molecule is COc1cc(NC(=S)N/N=C/c2ccccn2)c(OC)cc1Cl. The highest BCUT2D eigenvalue weighted by molar-refractivity contribution is 7.80. The standard InChI is InChI=1S/C15H15ClN4O2S/c1-21-13-8-12(14(22-2)7-11(13)16)19-15(23)20-18-9-10-5-3-4-6-17-10/h3-9H,1-2H3,(H2,19,20,23)/b18-9+. The number of rotatable bonds is 5. The number of nitrogens with one attached hydrogen (secondary N) is 2. The number of benzene rings is 1. The molecule has 0 spiro atoms. The van der Waals surface area contributed by atoms with Crippen molar-refractivity contribution in [3.05, 3.63) is 47.2 Å². The van der Waals surface area contributed by atoms with E-state index in [1.54, 1.807) is 31.7 Å². The van der Waals surface area contributed by atoms with Gasteiger partial charge in [-0.3, -0.25) is 10.4 Å². The Balaban J connectivity index is 2.03. The van der Waals surface area contributed by atoms with Gasteiger partial charge in [0.1, 0.15) is 11.5 Å². The predicted octanol–water partition coefficient (Wildman–Crippen LogP) is 3.07. The Kier molecular flexibility index (Phi) is 6.13. The van der Waals surface area contributed by atoms with Crippen LogP contribution in [0.1, 0.15) is 5.69 Å². The fourth-order valence-electron chi connectivity index (χ4n) is 1.72. The summed E-state index contributed by atoms with van der Waals surface area (Å²) in [6.07, 6.45) is 3.25. The van der Waals surface area contributed by atoms with E-state index in [0.29, 0.717) is 33.0 Å². The van der Waals surface area contributed by atoms with Crippen molar-refractivity contribution in [2.24, 2.45) is 5.10 Å². The Hall–Kier alpha value is -2.38. The monoisotopic (exact) mass is 350 g/mol. The Morgan fingerprint density at radius 3 is 2.70 bits per heavy atom. The van der Waals surface area contributed by atoms with Crippen LogP contribution in [-0.2, 0) is 0 Å². The van der Waals surface area contributed by atoms with Gasteiger partial charge < -0.3 is 14.8 Å². The highest BCUT2D eigenvalue weighted by Crippen LogP contribution is 2.35. The molecule has 0 fully saturated rings. The summed E-state index contributed by atoms with van der Waals surface area (Å²) in [4.78, 5) is 4.12. The highest BCUT2D eigenvalue weighted by atomic mass is 35.5. The normalized spacial score (nSPS) is 10.4. The minimum absolute atomic E-state index is 0.292. The molecule has 6 nitrogen and oxygen atoms in total. The molecule has 8 heteroatoms. The zero-order valence-electron chi connectivity index (χ0n) is 12.5. The fourth-order valence-corrected chi connectivity index (χ4v) is 2.11. The first kappa shape index (κ1) is 17.0. The van der Waals surface area contributed by atoms with Crippen molar-refractivity contribution in [3.8, 4) is 11.5 Å². The van der Waals surface area contributed by atoms with Crippen molar-refractivity contribution in [2.75, 3.05) is 19.5 Å². The van der Waals surface area contributed by atoms with Gasteiger partial charge in [0.15, 0.2) is 5.11 Å². The third-order valence-corrected chi connectivity index (χ3v) is 3.26. The van der Waals surface area contributed by atoms with E-state index in [9.17, 15) is 0 Å². The summed E-state index contributed by atoms with van der Waals surface area (Å²) in [5.41, 5.74) is 4.03. The molecule has 0 bridgehead atoms. The molecule has 1 heterocycles. The molecule has 0 aliphatic heterocycles. The maximum atomic E-state index is 6.06. The van der Waals surface area contributed by atoms with Gasteiger partial charge in [-0.2, -0.15) is 5.10 Å². The van der Waals surface area contributed by atoms with E-state index in [-0.39, 0.29) is 0 Å². The van der Waals surface area contributed by atoms with Crippen LogP contribution in [0.3, 0.4) is 0 Å². The van der Waals surface area contributed by atoms with E-state index in [4.69, 9.17) is 33.3 Å². The zero-order chi connectivity index (χ0) is 16.7. The van der Waals surface area contributed by atoms with Gasteiger partial charge in [0.05, 0.1) is 36.8 Å². The lowest BCUT2D eigenvalue weighted by Crippen LogP contribution is -2.24. The van der Waals surface area contributed by atoms with E-state index in [1.807, 2.05) is 18.2 Å². The van der Waals surface area contributed by atoms with Crippen molar-refractivity contribution in [1.82, 2.24) is 10.4 Å². The van der Waals surface area contributed by atoms with Crippen LogP contribution in [0.4, 0.5) is 5.69 Å². The van der Waals surface area contributed by atoms with Gasteiger partial charge in [0.2, 0.25) is 0 Å². The van der Waals surface area contributed by atoms with E-state index >= 15 is 0 Å². The van der Waals surface area contributed by atoms with E-state index in [2.05, 4.69) is 20.8 Å². The molecular formula is C15H15ClN4O2S. The summed E-state index contributed by atoms with van der Waals surface area (Å²) in [6.45, 7) is 0. The second-order valence-electron chi connectivity index (χ2n) is 4.27. The van der Waals surface area contributed by atoms with E-state index in [1.165, 1.54) is 7.11 Å². The maximum Gasteiger partial charge on any atom is 0.191 e. The van der Waals surface area contributed by atoms with Crippen LogP contribution in [0, 0.1) is 0 Å². The minimum atomic E-state index is 0.292. The number of pyridine rings is 1. The second kappa shape index (κ2) is 8.30. The molecule has 0 unspecified atom stereocenters. The van der Waals surface area contributed by atoms with Crippen LogP contribution in [-0.4, -0.2) is 30.5 Å². The number of methoxy groups -OCH3 is 2. The molecule has 2 aromatic rings. The molecule has 1 aromatic heterocycles. The Morgan fingerprint density at radius 2 is 2.04 bits per heavy atom. The van der Waals surface area contributed by atoms with Crippen LogP contribution in [0.2, 0.25) is 5.02 Å². The van der Waals surface area contributed by atoms with Gasteiger partial charge in [-0.15, -0.1) is 0 Å². The summed E-state index contributed by atoms with van der Waals surface area (Å²) in [7, 11) is 3.07. The second-order valence-corrected chi connectivity index (χ2v) is 5.08. The van der Waals surface area contributed by atoms with Crippen molar-refractivity contribution in [1.29, 1.82) is 0 Å². The number of hydrogen-bond donors (Lipinski definition) is 2. The van der Waals surface area contributed by atoms with Gasteiger partial charge in [0.25, 0.3) is 0 Å². The van der Waals surface area contributed by atoms with Gasteiger partial charge >= 0.3 is 0 Å². The highest BCUT2D eigenvalue weighted by Gasteiger charge is 2.10. The molecule has 0 radical (unpaired) electrons. The van der Waals surface area contributed by atoms with E-state index < -0.39 is 0 Å². The van der Waals surface area contributed by atoms with Crippen LogP contribution in [0.15, 0.2) is 41.6 Å². The fraction of sp³-hybridized carbons (Fsp3) is 0.133. The lowest BCUT2D eigenvalue weighted by atomic mass is 10.2. The van der Waals surface area contributed by atoms with E-state index in [0.717, 1.165) is 0 Å². The molecule has 0 amide bonds.